The first kappa shape index (κ1) is 25.5. The summed E-state index contributed by atoms with van der Waals surface area (Å²) in [6.45, 7) is 5.12. The van der Waals surface area contributed by atoms with Gasteiger partial charge in [-0.05, 0) is 80.3 Å². The molecule has 0 spiro atoms. The third kappa shape index (κ3) is 6.24. The number of hydrogen-bond acceptors (Lipinski definition) is 8. The molecule has 2 aromatic carbocycles. The van der Waals surface area contributed by atoms with Gasteiger partial charge in [0.25, 0.3) is 0 Å². The summed E-state index contributed by atoms with van der Waals surface area (Å²) in [6.07, 6.45) is 3.22. The first-order valence-electron chi connectivity index (χ1n) is 12.3. The van der Waals surface area contributed by atoms with Crippen LogP contribution >= 0.6 is 0 Å². The lowest BCUT2D eigenvalue weighted by atomic mass is 9.91. The maximum Gasteiger partial charge on any atom is 0.243 e. The quantitative estimate of drug-likeness (QED) is 0.409. The predicted octanol–water partition coefficient (Wildman–Crippen LogP) is 3.57. The zero-order valence-electron chi connectivity index (χ0n) is 20.6. The highest BCUT2D eigenvalue weighted by molar-refractivity contribution is 7.89. The van der Waals surface area contributed by atoms with Crippen LogP contribution in [0.3, 0.4) is 0 Å². The summed E-state index contributed by atoms with van der Waals surface area (Å²) in [6, 6.07) is 14.2. The summed E-state index contributed by atoms with van der Waals surface area (Å²) < 4.78 is 41.0. The Morgan fingerprint density at radius 2 is 1.62 bits per heavy atom. The molecule has 0 amide bonds. The molecule has 2 saturated heterocycles. The van der Waals surface area contributed by atoms with E-state index in [0.29, 0.717) is 55.2 Å². The Hall–Kier alpha value is -3.12. The minimum atomic E-state index is -3.57. The lowest BCUT2D eigenvalue weighted by Gasteiger charge is -2.46. The second kappa shape index (κ2) is 10.3. The van der Waals surface area contributed by atoms with Crippen LogP contribution in [0.2, 0.25) is 0 Å². The predicted molar refractivity (Wildman–Crippen MR) is 140 cm³/mol. The molecule has 0 bridgehead atoms. The van der Waals surface area contributed by atoms with Crippen molar-refractivity contribution in [2.45, 2.75) is 30.3 Å². The molecule has 196 valence electrons. The number of aromatic nitrogens is 2. The Balaban J connectivity index is 1.16. The van der Waals surface area contributed by atoms with Crippen molar-refractivity contribution in [3.63, 3.8) is 0 Å². The molecular formula is C26H31FN6O3S. The van der Waals surface area contributed by atoms with Gasteiger partial charge in [-0.15, -0.1) is 0 Å². The van der Waals surface area contributed by atoms with Crippen LogP contribution < -0.4 is 10.6 Å². The van der Waals surface area contributed by atoms with Gasteiger partial charge in [-0.2, -0.15) is 9.29 Å². The number of aliphatic hydroxyl groups is 1. The SMILES string of the molecule is CC1(O)CN(CC2CCN(S(=O)(=O)c3ccc(Nc4nccc(Nc5ccc(F)cc5)n4)cc3)CC2)C1. The fraction of sp³-hybridized carbons (Fsp3) is 0.385. The molecule has 3 N–H and O–H groups in total. The summed E-state index contributed by atoms with van der Waals surface area (Å²) in [5, 5.41) is 16.1. The monoisotopic (exact) mass is 526 g/mol. The second-order valence-electron chi connectivity index (χ2n) is 10.1. The number of nitrogens with one attached hydrogen (secondary N) is 2. The average Bonchev–Trinajstić information content (AvgIpc) is 2.85. The molecule has 3 aromatic rings. The van der Waals surface area contributed by atoms with Crippen LogP contribution in [0.25, 0.3) is 0 Å². The van der Waals surface area contributed by atoms with Gasteiger partial charge in [0.05, 0.1) is 10.5 Å². The van der Waals surface area contributed by atoms with Crippen LogP contribution in [0.1, 0.15) is 19.8 Å². The molecule has 5 rings (SSSR count). The minimum absolute atomic E-state index is 0.253. The first-order chi connectivity index (χ1) is 17.7. The molecule has 0 saturated carbocycles. The zero-order chi connectivity index (χ0) is 26.0. The zero-order valence-corrected chi connectivity index (χ0v) is 21.5. The largest absolute Gasteiger partial charge is 0.388 e. The van der Waals surface area contributed by atoms with Crippen LogP contribution in [0.5, 0.6) is 0 Å². The van der Waals surface area contributed by atoms with Crippen molar-refractivity contribution in [2.24, 2.45) is 5.92 Å². The van der Waals surface area contributed by atoms with E-state index in [2.05, 4.69) is 25.5 Å². The van der Waals surface area contributed by atoms with Crippen molar-refractivity contribution >= 4 is 33.2 Å². The normalized spacial score (nSPS) is 18.8. The smallest absolute Gasteiger partial charge is 0.243 e. The van der Waals surface area contributed by atoms with E-state index in [0.717, 1.165) is 19.4 Å². The van der Waals surface area contributed by atoms with Crippen LogP contribution in [-0.4, -0.2) is 71.0 Å². The number of β-amino-alcohol motifs (C(OH)–C–C–N with tert-alkyl or cyclic N) is 1. The summed E-state index contributed by atoms with van der Waals surface area (Å²) >= 11 is 0. The van der Waals surface area contributed by atoms with E-state index >= 15 is 0 Å². The van der Waals surface area contributed by atoms with E-state index in [1.165, 1.54) is 12.1 Å². The highest BCUT2D eigenvalue weighted by Crippen LogP contribution is 2.28. The second-order valence-corrected chi connectivity index (χ2v) is 12.0. The highest BCUT2D eigenvalue weighted by atomic mass is 32.2. The van der Waals surface area contributed by atoms with Gasteiger partial charge in [0.15, 0.2) is 0 Å². The number of nitrogens with zero attached hydrogens (tertiary/aromatic N) is 4. The number of piperidine rings is 1. The molecular weight excluding hydrogens is 495 g/mol. The standard InChI is InChI=1S/C26H31FN6O3S/c1-26(34)17-32(18-26)16-19-11-14-33(15-12-19)37(35,36)23-8-6-22(7-9-23)30-25-28-13-10-24(31-25)29-21-4-2-20(27)3-5-21/h2-10,13,19,34H,11-12,14-18H2,1H3,(H2,28,29,30,31). The van der Waals surface area contributed by atoms with Crippen molar-refractivity contribution < 1.29 is 17.9 Å². The van der Waals surface area contributed by atoms with E-state index in [1.807, 2.05) is 6.92 Å². The fourth-order valence-electron chi connectivity index (χ4n) is 4.90. The van der Waals surface area contributed by atoms with Crippen molar-refractivity contribution in [3.05, 3.63) is 66.6 Å². The Kier molecular flexibility index (Phi) is 7.13. The maximum atomic E-state index is 13.2. The molecule has 9 nitrogen and oxygen atoms in total. The Labute approximate surface area is 216 Å². The number of halogens is 1. The van der Waals surface area contributed by atoms with Gasteiger partial charge in [0, 0.05) is 50.3 Å². The summed E-state index contributed by atoms with van der Waals surface area (Å²) in [4.78, 5) is 11.1. The van der Waals surface area contributed by atoms with E-state index in [-0.39, 0.29) is 10.7 Å². The molecule has 37 heavy (non-hydrogen) atoms. The minimum Gasteiger partial charge on any atom is -0.388 e. The van der Waals surface area contributed by atoms with Crippen molar-refractivity contribution in [2.75, 3.05) is 43.4 Å². The molecule has 0 radical (unpaired) electrons. The lowest BCUT2D eigenvalue weighted by molar-refractivity contribution is -0.0900. The van der Waals surface area contributed by atoms with Gasteiger partial charge in [0.2, 0.25) is 16.0 Å². The number of hydrogen-bond donors (Lipinski definition) is 3. The molecule has 0 unspecified atom stereocenters. The summed E-state index contributed by atoms with van der Waals surface area (Å²) in [7, 11) is -3.57. The van der Waals surface area contributed by atoms with Crippen molar-refractivity contribution in [3.8, 4) is 0 Å². The van der Waals surface area contributed by atoms with E-state index in [1.54, 1.807) is 53.0 Å². The molecule has 0 atom stereocenters. The molecule has 11 heteroatoms. The Morgan fingerprint density at radius 1 is 1.00 bits per heavy atom. The highest BCUT2D eigenvalue weighted by Gasteiger charge is 2.38. The fourth-order valence-corrected chi connectivity index (χ4v) is 6.37. The average molecular weight is 527 g/mol. The number of benzene rings is 2. The Bertz CT molecular complexity index is 1320. The van der Waals surface area contributed by atoms with Gasteiger partial charge in [-0.3, -0.25) is 4.90 Å². The molecule has 2 aliphatic heterocycles. The van der Waals surface area contributed by atoms with Gasteiger partial charge in [0.1, 0.15) is 11.6 Å². The van der Waals surface area contributed by atoms with Crippen LogP contribution in [0, 0.1) is 11.7 Å². The summed E-state index contributed by atoms with van der Waals surface area (Å²) in [5.41, 5.74) is 0.765. The van der Waals surface area contributed by atoms with Crippen molar-refractivity contribution in [1.82, 2.24) is 19.2 Å². The van der Waals surface area contributed by atoms with E-state index in [4.69, 9.17) is 0 Å². The number of rotatable bonds is 8. The van der Waals surface area contributed by atoms with E-state index in [9.17, 15) is 17.9 Å². The lowest BCUT2D eigenvalue weighted by Crippen LogP contribution is -2.61. The maximum absolute atomic E-state index is 13.2. The van der Waals surface area contributed by atoms with Crippen LogP contribution in [-0.2, 0) is 10.0 Å². The summed E-state index contributed by atoms with van der Waals surface area (Å²) in [5.74, 6) is 1.01. The van der Waals surface area contributed by atoms with Gasteiger partial charge < -0.3 is 15.7 Å². The topological polar surface area (TPSA) is 111 Å². The third-order valence-electron chi connectivity index (χ3n) is 6.74. The van der Waals surface area contributed by atoms with Crippen LogP contribution in [0.4, 0.5) is 27.5 Å². The molecule has 1 aromatic heterocycles. The first-order valence-corrected chi connectivity index (χ1v) is 13.8. The molecule has 0 aliphatic carbocycles. The van der Waals surface area contributed by atoms with Gasteiger partial charge in [-0.1, -0.05) is 0 Å². The third-order valence-corrected chi connectivity index (χ3v) is 8.65. The Morgan fingerprint density at radius 3 is 2.27 bits per heavy atom. The van der Waals surface area contributed by atoms with E-state index < -0.39 is 15.6 Å². The van der Waals surface area contributed by atoms with Crippen molar-refractivity contribution in [1.29, 1.82) is 0 Å². The van der Waals surface area contributed by atoms with Gasteiger partial charge >= 0.3 is 0 Å². The molecule has 3 heterocycles. The number of likely N-dealkylation sites (tertiary alicyclic amines) is 1. The molecule has 2 fully saturated rings. The number of sulfonamides is 1. The van der Waals surface area contributed by atoms with Gasteiger partial charge in [-0.25, -0.2) is 17.8 Å². The number of anilines is 4. The van der Waals surface area contributed by atoms with Crippen LogP contribution in [0.15, 0.2) is 65.7 Å². The molecule has 2 aliphatic rings.